The van der Waals surface area contributed by atoms with Crippen LogP contribution in [0.5, 0.6) is 0 Å². The van der Waals surface area contributed by atoms with E-state index in [0.29, 0.717) is 13.2 Å². The van der Waals surface area contributed by atoms with E-state index in [2.05, 4.69) is 37.9 Å². The molecule has 0 fully saturated rings. The second-order valence-corrected chi connectivity index (χ2v) is 7.50. The van der Waals surface area contributed by atoms with Crippen molar-refractivity contribution < 1.29 is 4.74 Å². The van der Waals surface area contributed by atoms with Crippen molar-refractivity contribution in [1.29, 1.82) is 0 Å². The van der Waals surface area contributed by atoms with Crippen molar-refractivity contribution in [2.45, 2.75) is 17.5 Å². The molecule has 0 saturated carbocycles. The van der Waals surface area contributed by atoms with E-state index in [0.717, 1.165) is 43.8 Å². The molecule has 0 amide bonds. The highest BCUT2D eigenvalue weighted by Crippen LogP contribution is 2.31. The lowest BCUT2D eigenvalue weighted by molar-refractivity contribution is 0.185. The zero-order valence-corrected chi connectivity index (χ0v) is 16.4. The maximum atomic E-state index is 6.09. The Bertz CT molecular complexity index is 1060. The number of benzene rings is 2. The Labute approximate surface area is 166 Å². The zero-order valence-electron chi connectivity index (χ0n) is 14.9. The Kier molecular flexibility index (Phi) is 5.48. The molecular formula is C20H19ClN4OS. The molecule has 27 heavy (non-hydrogen) atoms. The van der Waals surface area contributed by atoms with Gasteiger partial charge in [-0.15, -0.1) is 10.2 Å². The normalized spacial score (nSPS) is 11.3. The Morgan fingerprint density at radius 2 is 2.04 bits per heavy atom. The first-order chi connectivity index (χ1) is 13.3. The molecule has 1 N–H and O–H groups in total. The molecule has 4 aromatic rings. The molecule has 0 aliphatic heterocycles. The number of H-pyrrole nitrogens is 1. The van der Waals surface area contributed by atoms with Crippen molar-refractivity contribution in [3.05, 3.63) is 65.3 Å². The molecule has 0 aliphatic carbocycles. The molecule has 2 aromatic carbocycles. The SMILES string of the molecule is COCCn1c(SCc2cccc(Cl)c2)nnc1-c1c[nH]c2ccccc12. The van der Waals surface area contributed by atoms with E-state index in [4.69, 9.17) is 16.3 Å². The first-order valence-corrected chi connectivity index (χ1v) is 9.98. The summed E-state index contributed by atoms with van der Waals surface area (Å²) in [7, 11) is 1.70. The smallest absolute Gasteiger partial charge is 0.191 e. The number of para-hydroxylation sites is 1. The summed E-state index contributed by atoms with van der Waals surface area (Å²) in [4.78, 5) is 3.31. The minimum atomic E-state index is 0.595. The molecule has 0 spiro atoms. The number of aromatic nitrogens is 4. The van der Waals surface area contributed by atoms with Crippen molar-refractivity contribution >= 4 is 34.3 Å². The third-order valence-corrected chi connectivity index (χ3v) is 5.60. The molecular weight excluding hydrogens is 380 g/mol. The van der Waals surface area contributed by atoms with E-state index in [1.54, 1.807) is 18.9 Å². The number of halogens is 1. The van der Waals surface area contributed by atoms with Crippen LogP contribution < -0.4 is 0 Å². The van der Waals surface area contributed by atoms with Crippen LogP contribution >= 0.6 is 23.4 Å². The van der Waals surface area contributed by atoms with Gasteiger partial charge in [0.05, 0.1) is 13.2 Å². The molecule has 0 atom stereocenters. The first kappa shape index (κ1) is 18.1. The van der Waals surface area contributed by atoms with Crippen molar-refractivity contribution in [3.63, 3.8) is 0 Å². The molecule has 2 heterocycles. The van der Waals surface area contributed by atoms with E-state index >= 15 is 0 Å². The maximum Gasteiger partial charge on any atom is 0.191 e. The molecule has 0 aliphatic rings. The molecule has 138 valence electrons. The summed E-state index contributed by atoms with van der Waals surface area (Å²) in [6.07, 6.45) is 1.99. The van der Waals surface area contributed by atoms with Gasteiger partial charge in [-0.1, -0.05) is 53.7 Å². The average Bonchev–Trinajstić information content (AvgIpc) is 3.28. The number of methoxy groups -OCH3 is 1. The van der Waals surface area contributed by atoms with E-state index in [-0.39, 0.29) is 0 Å². The number of hydrogen-bond donors (Lipinski definition) is 1. The summed E-state index contributed by atoms with van der Waals surface area (Å²) in [5.74, 6) is 1.62. The quantitative estimate of drug-likeness (QED) is 0.444. The molecule has 0 radical (unpaired) electrons. The van der Waals surface area contributed by atoms with Crippen molar-refractivity contribution in [1.82, 2.24) is 19.7 Å². The summed E-state index contributed by atoms with van der Waals surface area (Å²) in [5, 5.41) is 11.7. The lowest BCUT2D eigenvalue weighted by atomic mass is 10.1. The van der Waals surface area contributed by atoms with Crippen LogP contribution in [0.3, 0.4) is 0 Å². The predicted molar refractivity (Wildman–Crippen MR) is 110 cm³/mol. The highest BCUT2D eigenvalue weighted by atomic mass is 35.5. The maximum absolute atomic E-state index is 6.09. The summed E-state index contributed by atoms with van der Waals surface area (Å²) in [5.41, 5.74) is 3.29. The second kappa shape index (κ2) is 8.17. The number of nitrogens with one attached hydrogen (secondary N) is 1. The van der Waals surface area contributed by atoms with Crippen LogP contribution in [0.25, 0.3) is 22.3 Å². The van der Waals surface area contributed by atoms with Crippen LogP contribution in [0, 0.1) is 0 Å². The highest BCUT2D eigenvalue weighted by Gasteiger charge is 2.17. The van der Waals surface area contributed by atoms with Gasteiger partial charge in [-0.05, 0) is 23.8 Å². The molecule has 0 unspecified atom stereocenters. The number of ether oxygens (including phenoxy) is 1. The Morgan fingerprint density at radius 3 is 2.89 bits per heavy atom. The monoisotopic (exact) mass is 398 g/mol. The molecule has 2 aromatic heterocycles. The zero-order chi connectivity index (χ0) is 18.6. The fraction of sp³-hybridized carbons (Fsp3) is 0.200. The predicted octanol–water partition coefficient (Wildman–Crippen LogP) is 5.02. The third kappa shape index (κ3) is 3.88. The van der Waals surface area contributed by atoms with Crippen LogP contribution in [0.4, 0.5) is 0 Å². The molecule has 5 nitrogen and oxygen atoms in total. The number of aromatic amines is 1. The minimum Gasteiger partial charge on any atom is -0.383 e. The van der Waals surface area contributed by atoms with Gasteiger partial charge >= 0.3 is 0 Å². The Hall–Kier alpha value is -2.28. The average molecular weight is 399 g/mol. The largest absolute Gasteiger partial charge is 0.383 e. The van der Waals surface area contributed by atoms with Crippen LogP contribution in [-0.4, -0.2) is 33.5 Å². The van der Waals surface area contributed by atoms with Gasteiger partial charge in [0.25, 0.3) is 0 Å². The Balaban J connectivity index is 1.66. The van der Waals surface area contributed by atoms with E-state index in [1.807, 2.05) is 36.5 Å². The second-order valence-electron chi connectivity index (χ2n) is 6.12. The van der Waals surface area contributed by atoms with Gasteiger partial charge in [0.2, 0.25) is 0 Å². The summed E-state index contributed by atoms with van der Waals surface area (Å²) < 4.78 is 7.42. The number of fused-ring (bicyclic) bond motifs is 1. The molecule has 0 saturated heterocycles. The highest BCUT2D eigenvalue weighted by molar-refractivity contribution is 7.98. The fourth-order valence-corrected chi connectivity index (χ4v) is 4.13. The van der Waals surface area contributed by atoms with Gasteiger partial charge in [0, 0.05) is 40.5 Å². The van der Waals surface area contributed by atoms with Gasteiger partial charge in [0.15, 0.2) is 11.0 Å². The van der Waals surface area contributed by atoms with Crippen molar-refractivity contribution in [3.8, 4) is 11.4 Å². The molecule has 4 rings (SSSR count). The van der Waals surface area contributed by atoms with E-state index in [1.165, 1.54) is 0 Å². The first-order valence-electron chi connectivity index (χ1n) is 8.62. The van der Waals surface area contributed by atoms with Crippen LogP contribution in [0.2, 0.25) is 5.02 Å². The lowest BCUT2D eigenvalue weighted by Crippen LogP contribution is -2.07. The van der Waals surface area contributed by atoms with Crippen molar-refractivity contribution in [2.24, 2.45) is 0 Å². The van der Waals surface area contributed by atoms with Crippen LogP contribution in [-0.2, 0) is 17.0 Å². The van der Waals surface area contributed by atoms with Crippen molar-refractivity contribution in [2.75, 3.05) is 13.7 Å². The van der Waals surface area contributed by atoms with Gasteiger partial charge in [-0.25, -0.2) is 0 Å². The summed E-state index contributed by atoms with van der Waals surface area (Å²) in [6, 6.07) is 16.1. The van der Waals surface area contributed by atoms with Crippen LogP contribution in [0.1, 0.15) is 5.56 Å². The minimum absolute atomic E-state index is 0.595. The van der Waals surface area contributed by atoms with Crippen LogP contribution in [0.15, 0.2) is 59.9 Å². The van der Waals surface area contributed by atoms with Gasteiger partial charge in [-0.3, -0.25) is 4.57 Å². The van der Waals surface area contributed by atoms with E-state index in [9.17, 15) is 0 Å². The number of rotatable bonds is 7. The fourth-order valence-electron chi connectivity index (χ4n) is 3.01. The summed E-state index contributed by atoms with van der Waals surface area (Å²) in [6.45, 7) is 1.29. The molecule has 7 heteroatoms. The van der Waals surface area contributed by atoms with E-state index < -0.39 is 0 Å². The standard InChI is InChI=1S/C20H19ClN4OS/c1-26-10-9-25-19(17-12-22-18-8-3-2-7-16(17)18)23-24-20(25)27-13-14-5-4-6-15(21)11-14/h2-8,11-12,22H,9-10,13H2,1H3. The number of hydrogen-bond acceptors (Lipinski definition) is 4. The topological polar surface area (TPSA) is 55.7 Å². The Morgan fingerprint density at radius 1 is 1.15 bits per heavy atom. The molecule has 0 bridgehead atoms. The lowest BCUT2D eigenvalue weighted by Gasteiger charge is -2.09. The summed E-state index contributed by atoms with van der Waals surface area (Å²) >= 11 is 7.74. The van der Waals surface area contributed by atoms with Gasteiger partial charge in [-0.2, -0.15) is 0 Å². The number of thioether (sulfide) groups is 1. The van der Waals surface area contributed by atoms with Gasteiger partial charge in [0.1, 0.15) is 0 Å². The third-order valence-electron chi connectivity index (χ3n) is 4.32. The van der Waals surface area contributed by atoms with Gasteiger partial charge < -0.3 is 9.72 Å². The number of nitrogens with zero attached hydrogens (tertiary/aromatic N) is 3.